The van der Waals surface area contributed by atoms with E-state index in [1.54, 1.807) is 30.3 Å². The van der Waals surface area contributed by atoms with Crippen LogP contribution in [0.25, 0.3) is 0 Å². The molecule has 0 unspecified atom stereocenters. The summed E-state index contributed by atoms with van der Waals surface area (Å²) in [7, 11) is 1.02. The average Bonchev–Trinajstić information content (AvgIpc) is 2.83. The second kappa shape index (κ2) is 5.49. The third-order valence-corrected chi connectivity index (χ3v) is 3.24. The van der Waals surface area contributed by atoms with Gasteiger partial charge in [-0.1, -0.05) is 29.5 Å². The number of halogens is 3. The molecule has 106 valence electrons. The molecule has 0 aliphatic heterocycles. The number of hydrogen-bond donors (Lipinski definition) is 1. The number of nitrogens with zero attached hydrogens (tertiary/aromatic N) is 1. The highest BCUT2D eigenvalue weighted by Gasteiger charge is 2.40. The minimum atomic E-state index is -4.71. The first-order chi connectivity index (χ1) is 9.41. The highest BCUT2D eigenvalue weighted by Crippen LogP contribution is 2.37. The molecular weight excluding hydrogens is 293 g/mol. The van der Waals surface area contributed by atoms with Crippen LogP contribution in [0.15, 0.2) is 30.3 Å². The van der Waals surface area contributed by atoms with Crippen LogP contribution < -0.4 is 5.32 Å². The fourth-order valence-electron chi connectivity index (χ4n) is 1.44. The standard InChI is InChI=1S/C12H9F3N2O2S/c1-19-10(18)8-9(12(13,14)15)17-11(20-8)16-7-5-3-2-4-6-7/h2-6H,1H3,(H,16,17). The molecular formula is C12H9F3N2O2S. The van der Waals surface area contributed by atoms with E-state index >= 15 is 0 Å². The van der Waals surface area contributed by atoms with Crippen molar-refractivity contribution in [3.8, 4) is 0 Å². The summed E-state index contributed by atoms with van der Waals surface area (Å²) in [4.78, 5) is 14.2. The van der Waals surface area contributed by atoms with E-state index < -0.39 is 22.7 Å². The third kappa shape index (κ3) is 3.08. The molecule has 0 spiro atoms. The Kier molecular flexibility index (Phi) is 3.93. The summed E-state index contributed by atoms with van der Waals surface area (Å²) in [6.07, 6.45) is -4.71. The number of esters is 1. The second-order valence-corrected chi connectivity index (χ2v) is 4.68. The zero-order valence-corrected chi connectivity index (χ0v) is 11.0. The third-order valence-electron chi connectivity index (χ3n) is 2.29. The second-order valence-electron chi connectivity index (χ2n) is 3.68. The number of aromatic nitrogens is 1. The van der Waals surface area contributed by atoms with Crippen LogP contribution in [-0.4, -0.2) is 18.1 Å². The minimum Gasteiger partial charge on any atom is -0.465 e. The number of anilines is 2. The minimum absolute atomic E-state index is 0.0241. The van der Waals surface area contributed by atoms with E-state index in [1.165, 1.54) is 0 Å². The van der Waals surface area contributed by atoms with Gasteiger partial charge in [-0.25, -0.2) is 9.78 Å². The molecule has 0 atom stereocenters. The molecule has 0 saturated carbocycles. The lowest BCUT2D eigenvalue weighted by Crippen LogP contribution is -2.12. The Bertz CT molecular complexity index is 611. The number of carbonyl (C=O) groups excluding carboxylic acids is 1. The number of hydrogen-bond acceptors (Lipinski definition) is 5. The van der Waals surface area contributed by atoms with Gasteiger partial charge in [0.25, 0.3) is 0 Å². The van der Waals surface area contributed by atoms with Crippen LogP contribution >= 0.6 is 11.3 Å². The van der Waals surface area contributed by atoms with Crippen molar-refractivity contribution in [1.29, 1.82) is 0 Å². The predicted molar refractivity (Wildman–Crippen MR) is 68.2 cm³/mol. The van der Waals surface area contributed by atoms with Crippen LogP contribution in [0.1, 0.15) is 15.4 Å². The number of ether oxygens (including phenoxy) is 1. The van der Waals surface area contributed by atoms with Gasteiger partial charge in [0.15, 0.2) is 10.8 Å². The van der Waals surface area contributed by atoms with Crippen molar-refractivity contribution in [3.63, 3.8) is 0 Å². The lowest BCUT2D eigenvalue weighted by atomic mass is 10.3. The molecule has 1 aromatic carbocycles. The van der Waals surface area contributed by atoms with Gasteiger partial charge in [0.2, 0.25) is 0 Å². The molecule has 0 saturated heterocycles. The number of rotatable bonds is 3. The fourth-order valence-corrected chi connectivity index (χ4v) is 2.37. The van der Waals surface area contributed by atoms with Crippen molar-refractivity contribution in [2.75, 3.05) is 12.4 Å². The van der Waals surface area contributed by atoms with Crippen molar-refractivity contribution in [1.82, 2.24) is 4.98 Å². The summed E-state index contributed by atoms with van der Waals surface area (Å²) < 4.78 is 42.8. The maximum atomic E-state index is 12.8. The van der Waals surface area contributed by atoms with Crippen LogP contribution in [0.2, 0.25) is 0 Å². The van der Waals surface area contributed by atoms with Gasteiger partial charge in [0, 0.05) is 5.69 Å². The number of thiazole rings is 1. The first-order valence-corrected chi connectivity index (χ1v) is 6.22. The number of methoxy groups -OCH3 is 1. The molecule has 2 aromatic rings. The molecule has 0 bridgehead atoms. The van der Waals surface area contributed by atoms with Gasteiger partial charge in [-0.05, 0) is 12.1 Å². The van der Waals surface area contributed by atoms with Crippen LogP contribution in [0.3, 0.4) is 0 Å². The smallest absolute Gasteiger partial charge is 0.435 e. The Balaban J connectivity index is 2.37. The fraction of sp³-hybridized carbons (Fsp3) is 0.167. The van der Waals surface area contributed by atoms with Crippen LogP contribution in [-0.2, 0) is 10.9 Å². The Morgan fingerprint density at radius 3 is 2.50 bits per heavy atom. The summed E-state index contributed by atoms with van der Waals surface area (Å²) in [6.45, 7) is 0. The SMILES string of the molecule is COC(=O)c1sc(Nc2ccccc2)nc1C(F)(F)F. The molecule has 0 radical (unpaired) electrons. The number of nitrogens with one attached hydrogen (secondary N) is 1. The van der Waals surface area contributed by atoms with Crippen LogP contribution in [0.4, 0.5) is 24.0 Å². The van der Waals surface area contributed by atoms with Gasteiger partial charge in [-0.15, -0.1) is 0 Å². The molecule has 8 heteroatoms. The van der Waals surface area contributed by atoms with E-state index in [1.807, 2.05) is 0 Å². The average molecular weight is 302 g/mol. The Labute approximate surface area is 116 Å². The van der Waals surface area contributed by atoms with Crippen molar-refractivity contribution in [2.24, 2.45) is 0 Å². The van der Waals surface area contributed by atoms with E-state index in [9.17, 15) is 18.0 Å². The van der Waals surface area contributed by atoms with Crippen molar-refractivity contribution < 1.29 is 22.7 Å². The monoisotopic (exact) mass is 302 g/mol. The Hall–Kier alpha value is -2.09. The summed E-state index contributed by atoms with van der Waals surface area (Å²) >= 11 is 0.597. The molecule has 1 aromatic heterocycles. The van der Waals surface area contributed by atoms with Gasteiger partial charge in [0.1, 0.15) is 4.88 Å². The lowest BCUT2D eigenvalue weighted by Gasteiger charge is -2.04. The van der Waals surface area contributed by atoms with Crippen molar-refractivity contribution in [2.45, 2.75) is 6.18 Å². The van der Waals surface area contributed by atoms with Gasteiger partial charge in [-0.3, -0.25) is 0 Å². The molecule has 4 nitrogen and oxygen atoms in total. The number of alkyl halides is 3. The first kappa shape index (κ1) is 14.3. The highest BCUT2D eigenvalue weighted by molar-refractivity contribution is 7.17. The van der Waals surface area contributed by atoms with E-state index in [0.29, 0.717) is 17.0 Å². The predicted octanol–water partition coefficient (Wildman–Crippen LogP) is 3.69. The number of benzene rings is 1. The van der Waals surface area contributed by atoms with Crippen LogP contribution in [0, 0.1) is 0 Å². The van der Waals surface area contributed by atoms with Gasteiger partial charge < -0.3 is 10.1 Å². The molecule has 1 heterocycles. The maximum absolute atomic E-state index is 12.8. The zero-order valence-electron chi connectivity index (χ0n) is 10.2. The van der Waals surface area contributed by atoms with E-state index in [0.717, 1.165) is 7.11 Å². The largest absolute Gasteiger partial charge is 0.465 e. The molecule has 20 heavy (non-hydrogen) atoms. The van der Waals surface area contributed by atoms with Crippen molar-refractivity contribution >= 4 is 28.1 Å². The van der Waals surface area contributed by atoms with Crippen LogP contribution in [0.5, 0.6) is 0 Å². The first-order valence-electron chi connectivity index (χ1n) is 5.40. The van der Waals surface area contributed by atoms with Gasteiger partial charge in [0.05, 0.1) is 7.11 Å². The highest BCUT2D eigenvalue weighted by atomic mass is 32.1. The van der Waals surface area contributed by atoms with E-state index in [2.05, 4.69) is 15.0 Å². The Morgan fingerprint density at radius 2 is 1.95 bits per heavy atom. The zero-order chi connectivity index (χ0) is 14.8. The molecule has 0 aliphatic rings. The number of carbonyl (C=O) groups is 1. The van der Waals surface area contributed by atoms with Gasteiger partial charge in [-0.2, -0.15) is 13.2 Å². The quantitative estimate of drug-likeness (QED) is 0.879. The lowest BCUT2D eigenvalue weighted by molar-refractivity contribution is -0.141. The maximum Gasteiger partial charge on any atom is 0.435 e. The summed E-state index contributed by atoms with van der Waals surface area (Å²) in [5, 5.41) is 2.69. The molecule has 0 aliphatic carbocycles. The molecule has 0 fully saturated rings. The van der Waals surface area contributed by atoms with E-state index in [-0.39, 0.29) is 5.13 Å². The van der Waals surface area contributed by atoms with E-state index in [4.69, 9.17) is 0 Å². The molecule has 2 rings (SSSR count). The molecule has 1 N–H and O–H groups in total. The topological polar surface area (TPSA) is 51.2 Å². The molecule has 0 amide bonds. The Morgan fingerprint density at radius 1 is 1.30 bits per heavy atom. The summed E-state index contributed by atoms with van der Waals surface area (Å²) in [5.74, 6) is -1.06. The normalized spacial score (nSPS) is 11.2. The van der Waals surface area contributed by atoms with Crippen molar-refractivity contribution in [3.05, 3.63) is 40.9 Å². The number of para-hydroxylation sites is 1. The summed E-state index contributed by atoms with van der Waals surface area (Å²) in [5.41, 5.74) is -0.667. The van der Waals surface area contributed by atoms with Gasteiger partial charge >= 0.3 is 12.1 Å². The summed E-state index contributed by atoms with van der Waals surface area (Å²) in [6, 6.07) is 8.57.